The van der Waals surface area contributed by atoms with Gasteiger partial charge < -0.3 is 0 Å². The first-order valence-electron chi connectivity index (χ1n) is 9.40. The summed E-state index contributed by atoms with van der Waals surface area (Å²) in [5.41, 5.74) is 3.33. The zero-order chi connectivity index (χ0) is 19.3. The van der Waals surface area contributed by atoms with Gasteiger partial charge >= 0.3 is 0 Å². The number of nitrogens with zero attached hydrogens (tertiary/aromatic N) is 7. The van der Waals surface area contributed by atoms with E-state index in [4.69, 9.17) is 4.63 Å². The van der Waals surface area contributed by atoms with Gasteiger partial charge in [-0.05, 0) is 25.1 Å². The van der Waals surface area contributed by atoms with Crippen molar-refractivity contribution in [2.75, 3.05) is 32.7 Å². The molecule has 0 saturated carbocycles. The fourth-order valence-electron chi connectivity index (χ4n) is 3.29. The van der Waals surface area contributed by atoms with Gasteiger partial charge in [-0.15, -0.1) is 0 Å². The van der Waals surface area contributed by atoms with E-state index in [0.29, 0.717) is 6.54 Å². The predicted octanol–water partition coefficient (Wildman–Crippen LogP) is 0.815. The maximum Gasteiger partial charge on any atom is 0.266 e. The van der Waals surface area contributed by atoms with Gasteiger partial charge in [-0.2, -0.15) is 5.10 Å². The van der Waals surface area contributed by atoms with Crippen LogP contribution >= 0.6 is 0 Å². The molecule has 0 amide bonds. The second-order valence-electron chi connectivity index (χ2n) is 6.94. The Morgan fingerprint density at radius 3 is 2.57 bits per heavy atom. The molecule has 9 nitrogen and oxygen atoms in total. The van der Waals surface area contributed by atoms with Crippen LogP contribution in [0.1, 0.15) is 11.4 Å². The highest BCUT2D eigenvalue weighted by atomic mass is 16.6. The Morgan fingerprint density at radius 1 is 1.04 bits per heavy atom. The summed E-state index contributed by atoms with van der Waals surface area (Å²) >= 11 is 0. The monoisotopic (exact) mass is 381 g/mol. The lowest BCUT2D eigenvalue weighted by atomic mass is 10.2. The summed E-state index contributed by atoms with van der Waals surface area (Å²) in [6.45, 7) is 7.82. The molecule has 0 radical (unpaired) electrons. The smallest absolute Gasteiger partial charge is 0.266 e. The van der Waals surface area contributed by atoms with Crippen molar-refractivity contribution in [1.82, 2.24) is 34.9 Å². The van der Waals surface area contributed by atoms with Gasteiger partial charge in [0.15, 0.2) is 0 Å². The minimum atomic E-state index is -0.0831. The predicted molar refractivity (Wildman–Crippen MR) is 102 cm³/mol. The third kappa shape index (κ3) is 4.32. The first kappa shape index (κ1) is 18.5. The molecule has 0 N–H and O–H groups in total. The number of aromatic nitrogens is 5. The molecule has 0 unspecified atom stereocenters. The molecule has 0 bridgehead atoms. The molecular formula is C19H23N7O2. The summed E-state index contributed by atoms with van der Waals surface area (Å²) in [6, 6.07) is 7.12. The molecule has 0 aliphatic carbocycles. The van der Waals surface area contributed by atoms with E-state index < -0.39 is 0 Å². The lowest BCUT2D eigenvalue weighted by molar-refractivity contribution is 0.120. The molecule has 3 aromatic heterocycles. The molecule has 1 aliphatic heterocycles. The third-order valence-corrected chi connectivity index (χ3v) is 5.04. The lowest BCUT2D eigenvalue weighted by Gasteiger charge is -2.34. The Morgan fingerprint density at radius 2 is 1.86 bits per heavy atom. The number of pyridine rings is 1. The van der Waals surface area contributed by atoms with Gasteiger partial charge in [-0.25, -0.2) is 9.31 Å². The summed E-state index contributed by atoms with van der Waals surface area (Å²) in [7, 11) is 0. The largest absolute Gasteiger partial charge is 0.299 e. The van der Waals surface area contributed by atoms with Gasteiger partial charge in [-0.3, -0.25) is 19.6 Å². The maximum atomic E-state index is 12.2. The maximum absolute atomic E-state index is 12.2. The average molecular weight is 381 g/mol. The van der Waals surface area contributed by atoms with Gasteiger partial charge in [0.25, 0.3) is 5.56 Å². The van der Waals surface area contributed by atoms with Gasteiger partial charge in [0, 0.05) is 63.3 Å². The molecule has 0 aromatic carbocycles. The quantitative estimate of drug-likeness (QED) is 0.619. The molecule has 4 heterocycles. The van der Waals surface area contributed by atoms with Crippen LogP contribution in [0, 0.1) is 6.92 Å². The van der Waals surface area contributed by atoms with E-state index >= 15 is 0 Å². The van der Waals surface area contributed by atoms with E-state index in [1.54, 1.807) is 29.2 Å². The molecule has 1 fully saturated rings. The van der Waals surface area contributed by atoms with E-state index in [2.05, 4.69) is 30.2 Å². The Balaban J connectivity index is 1.32. The van der Waals surface area contributed by atoms with Crippen LogP contribution in [0.4, 0.5) is 0 Å². The van der Waals surface area contributed by atoms with Crippen molar-refractivity contribution in [2.24, 2.45) is 0 Å². The van der Waals surface area contributed by atoms with Crippen LogP contribution in [-0.2, 0) is 13.1 Å². The highest BCUT2D eigenvalue weighted by molar-refractivity contribution is 5.56. The first-order chi connectivity index (χ1) is 13.7. The minimum absolute atomic E-state index is 0.0831. The lowest BCUT2D eigenvalue weighted by Crippen LogP contribution is -2.47. The number of aryl methyl sites for hydroxylation is 1. The van der Waals surface area contributed by atoms with Crippen molar-refractivity contribution >= 4 is 0 Å². The van der Waals surface area contributed by atoms with E-state index in [-0.39, 0.29) is 5.56 Å². The van der Waals surface area contributed by atoms with Gasteiger partial charge in [-0.1, -0.05) is 10.3 Å². The number of hydrogen-bond acceptors (Lipinski definition) is 8. The molecule has 1 aliphatic rings. The Hall–Kier alpha value is -2.91. The Labute approximate surface area is 162 Å². The molecule has 1 saturated heterocycles. The summed E-state index contributed by atoms with van der Waals surface area (Å²) < 4.78 is 6.31. The molecule has 4 rings (SSSR count). The molecule has 3 aromatic rings. The summed E-state index contributed by atoms with van der Waals surface area (Å²) in [6.07, 6.45) is 3.47. The standard InChI is InChI=1S/C19H23N7O2/c1-15-18(23-28-22-15)14-25-9-7-24(8-10-25)11-12-26-19(27)5-4-17(21-26)16-3-2-6-20-13-16/h2-6,13H,7-12,14H2,1H3. The second-order valence-corrected chi connectivity index (χ2v) is 6.94. The normalized spacial score (nSPS) is 15.8. The highest BCUT2D eigenvalue weighted by Gasteiger charge is 2.19. The van der Waals surface area contributed by atoms with Gasteiger partial charge in [0.2, 0.25) is 0 Å². The number of piperazine rings is 1. The second kappa shape index (κ2) is 8.41. The highest BCUT2D eigenvalue weighted by Crippen LogP contribution is 2.13. The van der Waals surface area contributed by atoms with Crippen molar-refractivity contribution in [3.05, 3.63) is 58.4 Å². The van der Waals surface area contributed by atoms with Crippen molar-refractivity contribution in [3.8, 4) is 11.3 Å². The molecular weight excluding hydrogens is 358 g/mol. The summed E-state index contributed by atoms with van der Waals surface area (Å²) in [5, 5.41) is 12.3. The fraction of sp³-hybridized carbons (Fsp3) is 0.421. The van der Waals surface area contributed by atoms with E-state index in [1.165, 1.54) is 0 Å². The van der Waals surface area contributed by atoms with Crippen LogP contribution in [0.3, 0.4) is 0 Å². The molecule has 0 atom stereocenters. The topological polar surface area (TPSA) is 93.2 Å². The molecule has 0 spiro atoms. The Kier molecular flexibility index (Phi) is 5.54. The number of hydrogen-bond donors (Lipinski definition) is 0. The minimum Gasteiger partial charge on any atom is -0.299 e. The number of rotatable bonds is 6. The first-order valence-corrected chi connectivity index (χ1v) is 9.40. The van der Waals surface area contributed by atoms with Crippen molar-refractivity contribution < 1.29 is 4.63 Å². The zero-order valence-electron chi connectivity index (χ0n) is 15.9. The van der Waals surface area contributed by atoms with Crippen molar-refractivity contribution in [3.63, 3.8) is 0 Å². The SMILES string of the molecule is Cc1nonc1CN1CCN(CCn2nc(-c3cccnc3)ccc2=O)CC1. The van der Waals surface area contributed by atoms with Gasteiger partial charge in [0.05, 0.1) is 12.2 Å². The van der Waals surface area contributed by atoms with E-state index in [9.17, 15) is 4.79 Å². The molecule has 146 valence electrons. The fourth-order valence-corrected chi connectivity index (χ4v) is 3.29. The average Bonchev–Trinajstić information content (AvgIpc) is 3.13. The molecule has 28 heavy (non-hydrogen) atoms. The zero-order valence-corrected chi connectivity index (χ0v) is 15.9. The summed E-state index contributed by atoms with van der Waals surface area (Å²) in [4.78, 5) is 21.0. The summed E-state index contributed by atoms with van der Waals surface area (Å²) in [5.74, 6) is 0. The van der Waals surface area contributed by atoms with E-state index in [1.807, 2.05) is 19.1 Å². The van der Waals surface area contributed by atoms with Crippen molar-refractivity contribution in [1.29, 1.82) is 0 Å². The van der Waals surface area contributed by atoms with Crippen LogP contribution in [0.2, 0.25) is 0 Å². The molecule has 9 heteroatoms. The third-order valence-electron chi connectivity index (χ3n) is 5.04. The van der Waals surface area contributed by atoms with Crippen LogP contribution in [-0.4, -0.2) is 67.6 Å². The van der Waals surface area contributed by atoms with Crippen LogP contribution in [0.15, 0.2) is 46.1 Å². The van der Waals surface area contributed by atoms with Crippen molar-refractivity contribution in [2.45, 2.75) is 20.0 Å². The van der Waals surface area contributed by atoms with Crippen LogP contribution in [0.25, 0.3) is 11.3 Å². The van der Waals surface area contributed by atoms with E-state index in [0.717, 1.165) is 61.9 Å². The van der Waals surface area contributed by atoms with Crippen LogP contribution in [0.5, 0.6) is 0 Å². The van der Waals surface area contributed by atoms with Gasteiger partial charge in [0.1, 0.15) is 11.4 Å². The Bertz CT molecular complexity index is 962. The van der Waals surface area contributed by atoms with Crippen LogP contribution < -0.4 is 5.56 Å².